The second-order valence-corrected chi connectivity index (χ2v) is 4.52. The standard InChI is InChI=1S/C11H8BrClN2O2/c1-6-9(10(16)17)14-11(12)15(6)8-5-3-2-4-7(8)13/h2-5H,1H3,(H,16,17). The first-order valence-corrected chi connectivity index (χ1v) is 5.92. The molecule has 0 amide bonds. The highest BCUT2D eigenvalue weighted by molar-refractivity contribution is 9.10. The monoisotopic (exact) mass is 314 g/mol. The van der Waals surface area contributed by atoms with Gasteiger partial charge in [0.05, 0.1) is 16.4 Å². The van der Waals surface area contributed by atoms with Crippen molar-refractivity contribution in [3.05, 3.63) is 45.4 Å². The molecule has 1 N–H and O–H groups in total. The largest absolute Gasteiger partial charge is 0.476 e. The molecule has 2 aromatic rings. The van der Waals surface area contributed by atoms with Crippen molar-refractivity contribution in [2.75, 3.05) is 0 Å². The Balaban J connectivity index is 2.69. The lowest BCUT2D eigenvalue weighted by Crippen LogP contribution is -2.02. The minimum absolute atomic E-state index is 0.0109. The van der Waals surface area contributed by atoms with Crippen LogP contribution in [0.15, 0.2) is 29.0 Å². The summed E-state index contributed by atoms with van der Waals surface area (Å²) in [4.78, 5) is 14.9. The number of halogens is 2. The molecule has 0 aliphatic carbocycles. The zero-order valence-electron chi connectivity index (χ0n) is 8.82. The van der Waals surface area contributed by atoms with Crippen molar-refractivity contribution in [2.24, 2.45) is 0 Å². The summed E-state index contributed by atoms with van der Waals surface area (Å²) in [6.45, 7) is 1.69. The van der Waals surface area contributed by atoms with Crippen molar-refractivity contribution in [2.45, 2.75) is 6.92 Å². The molecule has 0 bridgehead atoms. The Morgan fingerprint density at radius 3 is 2.65 bits per heavy atom. The molecule has 4 nitrogen and oxygen atoms in total. The highest BCUT2D eigenvalue weighted by Gasteiger charge is 2.19. The predicted octanol–water partition coefficient (Wildman–Crippen LogP) is 3.29. The van der Waals surface area contributed by atoms with Crippen molar-refractivity contribution in [1.29, 1.82) is 0 Å². The maximum Gasteiger partial charge on any atom is 0.356 e. The molecule has 0 spiro atoms. The van der Waals surface area contributed by atoms with Crippen LogP contribution in [0.3, 0.4) is 0 Å². The van der Waals surface area contributed by atoms with Crippen LogP contribution in [0.5, 0.6) is 0 Å². The molecule has 0 unspecified atom stereocenters. The Bertz CT molecular complexity index is 595. The van der Waals surface area contributed by atoms with Gasteiger partial charge in [0, 0.05) is 0 Å². The Morgan fingerprint density at radius 1 is 1.47 bits per heavy atom. The molecule has 6 heteroatoms. The number of hydrogen-bond acceptors (Lipinski definition) is 2. The van der Waals surface area contributed by atoms with E-state index in [9.17, 15) is 4.79 Å². The number of carbonyl (C=O) groups is 1. The third-order valence-corrected chi connectivity index (χ3v) is 3.21. The summed E-state index contributed by atoms with van der Waals surface area (Å²) in [5.74, 6) is -1.06. The third-order valence-electron chi connectivity index (χ3n) is 2.36. The van der Waals surface area contributed by atoms with Crippen LogP contribution in [0.2, 0.25) is 5.02 Å². The van der Waals surface area contributed by atoms with Gasteiger partial charge < -0.3 is 5.11 Å². The van der Waals surface area contributed by atoms with Gasteiger partial charge in [0.25, 0.3) is 0 Å². The normalized spacial score (nSPS) is 10.5. The number of benzene rings is 1. The van der Waals surface area contributed by atoms with E-state index in [0.717, 1.165) is 0 Å². The molecular weight excluding hydrogens is 307 g/mol. The summed E-state index contributed by atoms with van der Waals surface area (Å²) in [6.07, 6.45) is 0. The molecule has 17 heavy (non-hydrogen) atoms. The number of para-hydroxylation sites is 1. The molecule has 1 heterocycles. The summed E-state index contributed by atoms with van der Waals surface area (Å²) in [6, 6.07) is 7.17. The first-order valence-electron chi connectivity index (χ1n) is 4.75. The lowest BCUT2D eigenvalue weighted by molar-refractivity contribution is 0.0690. The average Bonchev–Trinajstić information content (AvgIpc) is 2.56. The van der Waals surface area contributed by atoms with E-state index < -0.39 is 5.97 Å². The predicted molar refractivity (Wildman–Crippen MR) is 68.0 cm³/mol. The number of carboxylic acid groups (broad SMARTS) is 1. The van der Waals surface area contributed by atoms with Gasteiger partial charge in [-0.1, -0.05) is 23.7 Å². The minimum Gasteiger partial charge on any atom is -0.476 e. The number of rotatable bonds is 2. The van der Waals surface area contributed by atoms with E-state index in [1.54, 1.807) is 23.6 Å². The number of hydrogen-bond donors (Lipinski definition) is 1. The maximum atomic E-state index is 11.0. The van der Waals surface area contributed by atoms with E-state index in [1.165, 1.54) is 0 Å². The molecule has 1 aromatic heterocycles. The van der Waals surface area contributed by atoms with E-state index in [2.05, 4.69) is 20.9 Å². The van der Waals surface area contributed by atoms with Crippen molar-refractivity contribution < 1.29 is 9.90 Å². The second kappa shape index (κ2) is 4.50. The van der Waals surface area contributed by atoms with Crippen molar-refractivity contribution >= 4 is 33.5 Å². The van der Waals surface area contributed by atoms with Crippen molar-refractivity contribution in [3.63, 3.8) is 0 Å². The average molecular weight is 316 g/mol. The summed E-state index contributed by atoms with van der Waals surface area (Å²) in [5, 5.41) is 9.52. The minimum atomic E-state index is -1.06. The fourth-order valence-electron chi connectivity index (χ4n) is 1.58. The number of aromatic carboxylic acids is 1. The molecule has 0 aliphatic heterocycles. The lowest BCUT2D eigenvalue weighted by Gasteiger charge is -2.08. The van der Waals surface area contributed by atoms with Gasteiger partial charge in [0.1, 0.15) is 0 Å². The van der Waals surface area contributed by atoms with Crippen LogP contribution < -0.4 is 0 Å². The molecule has 88 valence electrons. The Kier molecular flexibility index (Phi) is 3.22. The first kappa shape index (κ1) is 12.1. The number of carboxylic acids is 1. The Morgan fingerprint density at radius 2 is 2.12 bits per heavy atom. The van der Waals surface area contributed by atoms with Crippen LogP contribution >= 0.6 is 27.5 Å². The second-order valence-electron chi connectivity index (χ2n) is 3.41. The zero-order chi connectivity index (χ0) is 12.6. The van der Waals surface area contributed by atoms with Gasteiger partial charge in [0.2, 0.25) is 0 Å². The van der Waals surface area contributed by atoms with Gasteiger partial charge in [-0.3, -0.25) is 4.57 Å². The van der Waals surface area contributed by atoms with Crippen molar-refractivity contribution in [1.82, 2.24) is 9.55 Å². The summed E-state index contributed by atoms with van der Waals surface area (Å²) >= 11 is 9.31. The third kappa shape index (κ3) is 2.08. The molecule has 0 aliphatic rings. The molecule has 0 saturated heterocycles. The van der Waals surface area contributed by atoms with E-state index in [-0.39, 0.29) is 5.69 Å². The van der Waals surface area contributed by atoms with Crippen LogP contribution in [0.1, 0.15) is 16.2 Å². The zero-order valence-corrected chi connectivity index (χ0v) is 11.2. The van der Waals surface area contributed by atoms with Gasteiger partial charge in [-0.05, 0) is 35.0 Å². The number of imidazole rings is 1. The number of nitrogens with zero attached hydrogens (tertiary/aromatic N) is 2. The van der Waals surface area contributed by atoms with Crippen molar-refractivity contribution in [3.8, 4) is 5.69 Å². The highest BCUT2D eigenvalue weighted by Crippen LogP contribution is 2.27. The lowest BCUT2D eigenvalue weighted by atomic mass is 10.3. The van der Waals surface area contributed by atoms with E-state index in [4.69, 9.17) is 16.7 Å². The first-order chi connectivity index (χ1) is 8.02. The summed E-state index contributed by atoms with van der Waals surface area (Å²) in [7, 11) is 0. The van der Waals surface area contributed by atoms with Gasteiger partial charge >= 0.3 is 5.97 Å². The van der Waals surface area contributed by atoms with Crippen LogP contribution in [0.25, 0.3) is 5.69 Å². The fourth-order valence-corrected chi connectivity index (χ4v) is 2.44. The van der Waals surface area contributed by atoms with Gasteiger partial charge in [-0.2, -0.15) is 0 Å². The van der Waals surface area contributed by atoms with E-state index in [0.29, 0.717) is 21.1 Å². The molecule has 0 radical (unpaired) electrons. The molecule has 0 fully saturated rings. The maximum absolute atomic E-state index is 11.0. The molecular formula is C11H8BrClN2O2. The van der Waals surface area contributed by atoms with Crippen LogP contribution in [0.4, 0.5) is 0 Å². The Hall–Kier alpha value is -1.33. The van der Waals surface area contributed by atoms with Gasteiger partial charge in [-0.25, -0.2) is 9.78 Å². The SMILES string of the molecule is Cc1c(C(=O)O)nc(Br)n1-c1ccccc1Cl. The van der Waals surface area contributed by atoms with Crippen LogP contribution in [-0.2, 0) is 0 Å². The fraction of sp³-hybridized carbons (Fsp3) is 0.0909. The molecule has 0 saturated carbocycles. The topological polar surface area (TPSA) is 55.1 Å². The Labute approximate surface area is 111 Å². The van der Waals surface area contributed by atoms with Gasteiger partial charge in [0.15, 0.2) is 10.4 Å². The molecule has 1 aromatic carbocycles. The summed E-state index contributed by atoms with van der Waals surface area (Å²) in [5.41, 5.74) is 1.23. The van der Waals surface area contributed by atoms with E-state index in [1.807, 2.05) is 12.1 Å². The van der Waals surface area contributed by atoms with Crippen LogP contribution in [0, 0.1) is 6.92 Å². The molecule has 2 rings (SSSR count). The summed E-state index contributed by atoms with van der Waals surface area (Å²) < 4.78 is 2.08. The van der Waals surface area contributed by atoms with E-state index >= 15 is 0 Å². The quantitative estimate of drug-likeness (QED) is 0.925. The highest BCUT2D eigenvalue weighted by atomic mass is 79.9. The van der Waals surface area contributed by atoms with Crippen LogP contribution in [-0.4, -0.2) is 20.6 Å². The number of aromatic nitrogens is 2. The smallest absolute Gasteiger partial charge is 0.356 e. The van der Waals surface area contributed by atoms with Gasteiger partial charge in [-0.15, -0.1) is 0 Å². The molecule has 0 atom stereocenters.